The van der Waals surface area contributed by atoms with Gasteiger partial charge in [-0.05, 0) is 35.4 Å². The quantitative estimate of drug-likeness (QED) is 0.819. The minimum Gasteiger partial charge on any atom is -0.497 e. The lowest BCUT2D eigenvalue weighted by Gasteiger charge is -2.06. The molecule has 0 aromatic heterocycles. The molecule has 0 heterocycles. The van der Waals surface area contributed by atoms with Crippen molar-refractivity contribution in [2.24, 2.45) is 0 Å². The van der Waals surface area contributed by atoms with Crippen LogP contribution in [0.2, 0.25) is 0 Å². The van der Waals surface area contributed by atoms with Crippen LogP contribution in [0.4, 0.5) is 4.39 Å². The second-order valence-corrected chi connectivity index (χ2v) is 4.71. The molecule has 2 aromatic carbocycles. The van der Waals surface area contributed by atoms with Gasteiger partial charge in [-0.1, -0.05) is 18.2 Å². The molecule has 0 aliphatic heterocycles. The monoisotopic (exact) mass is 288 g/mol. The van der Waals surface area contributed by atoms with E-state index in [2.05, 4.69) is 0 Å². The summed E-state index contributed by atoms with van der Waals surface area (Å²) in [6, 6.07) is 11.9. The zero-order chi connectivity index (χ0) is 15.2. The Morgan fingerprint density at radius 2 is 1.57 bits per heavy atom. The SMILES string of the molecule is COc1ccc(CC(=O)Cc2ccc(OC)c(F)c2)cc1. The molecule has 0 radical (unpaired) electrons. The van der Waals surface area contributed by atoms with E-state index >= 15 is 0 Å². The number of carbonyl (C=O) groups is 1. The predicted molar refractivity (Wildman–Crippen MR) is 78.4 cm³/mol. The number of ketones is 1. The maximum absolute atomic E-state index is 13.6. The van der Waals surface area contributed by atoms with Gasteiger partial charge in [0.05, 0.1) is 14.2 Å². The molecule has 21 heavy (non-hydrogen) atoms. The maximum Gasteiger partial charge on any atom is 0.165 e. The van der Waals surface area contributed by atoms with Crippen molar-refractivity contribution in [1.82, 2.24) is 0 Å². The van der Waals surface area contributed by atoms with Gasteiger partial charge >= 0.3 is 0 Å². The molecule has 0 aliphatic carbocycles. The number of hydrogen-bond donors (Lipinski definition) is 0. The van der Waals surface area contributed by atoms with Crippen molar-refractivity contribution in [3.8, 4) is 11.5 Å². The van der Waals surface area contributed by atoms with Crippen molar-refractivity contribution in [1.29, 1.82) is 0 Å². The van der Waals surface area contributed by atoms with Crippen LogP contribution in [0.15, 0.2) is 42.5 Å². The first-order chi connectivity index (χ1) is 10.1. The molecule has 0 amide bonds. The van der Waals surface area contributed by atoms with E-state index in [1.165, 1.54) is 19.2 Å². The Morgan fingerprint density at radius 3 is 2.14 bits per heavy atom. The second-order valence-electron chi connectivity index (χ2n) is 4.71. The number of halogens is 1. The van der Waals surface area contributed by atoms with E-state index in [1.807, 2.05) is 24.3 Å². The molecule has 0 atom stereocenters. The number of Topliss-reactive ketones (excluding diaryl/α,β-unsaturated/α-hetero) is 1. The van der Waals surface area contributed by atoms with Crippen molar-refractivity contribution in [3.63, 3.8) is 0 Å². The largest absolute Gasteiger partial charge is 0.497 e. The lowest BCUT2D eigenvalue weighted by molar-refractivity contribution is -0.117. The number of ether oxygens (including phenoxy) is 2. The summed E-state index contributed by atoms with van der Waals surface area (Å²) in [6.07, 6.45) is 0.518. The number of methoxy groups -OCH3 is 2. The van der Waals surface area contributed by atoms with Gasteiger partial charge in [0.1, 0.15) is 11.5 Å². The third-order valence-electron chi connectivity index (χ3n) is 3.18. The van der Waals surface area contributed by atoms with Gasteiger partial charge in [-0.15, -0.1) is 0 Å². The number of rotatable bonds is 6. The summed E-state index contributed by atoms with van der Waals surface area (Å²) in [4.78, 5) is 12.0. The van der Waals surface area contributed by atoms with E-state index in [1.54, 1.807) is 13.2 Å². The highest BCUT2D eigenvalue weighted by atomic mass is 19.1. The second kappa shape index (κ2) is 6.88. The van der Waals surface area contributed by atoms with Crippen molar-refractivity contribution in [3.05, 3.63) is 59.4 Å². The Labute approximate surface area is 123 Å². The third-order valence-corrected chi connectivity index (χ3v) is 3.18. The van der Waals surface area contributed by atoms with Gasteiger partial charge in [0.15, 0.2) is 11.6 Å². The highest BCUT2D eigenvalue weighted by Gasteiger charge is 2.09. The summed E-state index contributed by atoms with van der Waals surface area (Å²) < 4.78 is 23.5. The van der Waals surface area contributed by atoms with E-state index in [0.717, 1.165) is 11.3 Å². The van der Waals surface area contributed by atoms with Crippen molar-refractivity contribution >= 4 is 5.78 Å². The van der Waals surface area contributed by atoms with Crippen LogP contribution in [-0.2, 0) is 17.6 Å². The Bertz CT molecular complexity index is 620. The standard InChI is InChI=1S/C17H17FO3/c1-20-15-6-3-12(4-7-15)9-14(19)10-13-5-8-17(21-2)16(18)11-13/h3-8,11H,9-10H2,1-2H3. The van der Waals surface area contributed by atoms with E-state index in [9.17, 15) is 9.18 Å². The summed E-state index contributed by atoms with van der Waals surface area (Å²) in [5, 5.41) is 0. The zero-order valence-electron chi connectivity index (χ0n) is 12.1. The summed E-state index contributed by atoms with van der Waals surface area (Å²) >= 11 is 0. The summed E-state index contributed by atoms with van der Waals surface area (Å²) in [5.74, 6) is 0.516. The summed E-state index contributed by atoms with van der Waals surface area (Å²) in [6.45, 7) is 0. The van der Waals surface area contributed by atoms with Crippen LogP contribution in [0.25, 0.3) is 0 Å². The average molecular weight is 288 g/mol. The Balaban J connectivity index is 1.99. The molecular formula is C17H17FO3. The molecule has 0 saturated carbocycles. The topological polar surface area (TPSA) is 35.5 Å². The molecule has 0 spiro atoms. The predicted octanol–water partition coefficient (Wildman–Crippen LogP) is 3.20. The molecule has 0 bridgehead atoms. The fraction of sp³-hybridized carbons (Fsp3) is 0.235. The molecule has 3 nitrogen and oxygen atoms in total. The van der Waals surface area contributed by atoms with Crippen LogP contribution >= 0.6 is 0 Å². The van der Waals surface area contributed by atoms with Crippen molar-refractivity contribution < 1.29 is 18.7 Å². The summed E-state index contributed by atoms with van der Waals surface area (Å²) in [5.41, 5.74) is 1.56. The first-order valence-electron chi connectivity index (χ1n) is 6.59. The molecular weight excluding hydrogens is 271 g/mol. The van der Waals surface area contributed by atoms with E-state index < -0.39 is 5.82 Å². The van der Waals surface area contributed by atoms with Crippen LogP contribution in [0.1, 0.15) is 11.1 Å². The zero-order valence-corrected chi connectivity index (χ0v) is 12.1. The molecule has 0 aliphatic rings. The van der Waals surface area contributed by atoms with E-state index in [4.69, 9.17) is 9.47 Å². The van der Waals surface area contributed by atoms with Crippen molar-refractivity contribution in [2.45, 2.75) is 12.8 Å². The molecule has 0 N–H and O–H groups in total. The Kier molecular flexibility index (Phi) is 4.93. The van der Waals surface area contributed by atoms with Crippen molar-refractivity contribution in [2.75, 3.05) is 14.2 Å². The van der Waals surface area contributed by atoms with Gasteiger partial charge in [-0.2, -0.15) is 0 Å². The molecule has 4 heteroatoms. The Hall–Kier alpha value is -2.36. The van der Waals surface area contributed by atoms with Crippen LogP contribution in [0.3, 0.4) is 0 Å². The minimum absolute atomic E-state index is 0.0322. The van der Waals surface area contributed by atoms with Gasteiger partial charge in [0, 0.05) is 12.8 Å². The van der Waals surface area contributed by atoms with Crippen LogP contribution in [0.5, 0.6) is 11.5 Å². The minimum atomic E-state index is -0.452. The lowest BCUT2D eigenvalue weighted by Crippen LogP contribution is -2.07. The molecule has 0 fully saturated rings. The third kappa shape index (κ3) is 4.05. The van der Waals surface area contributed by atoms with E-state index in [-0.39, 0.29) is 18.0 Å². The fourth-order valence-corrected chi connectivity index (χ4v) is 2.08. The summed E-state index contributed by atoms with van der Waals surface area (Å²) in [7, 11) is 3.01. The molecule has 2 aromatic rings. The lowest BCUT2D eigenvalue weighted by atomic mass is 10.0. The number of benzene rings is 2. The van der Waals surface area contributed by atoms with Crippen LogP contribution in [0, 0.1) is 5.82 Å². The number of hydrogen-bond acceptors (Lipinski definition) is 3. The first-order valence-corrected chi connectivity index (χ1v) is 6.59. The maximum atomic E-state index is 13.6. The van der Waals surface area contributed by atoms with Crippen LogP contribution < -0.4 is 9.47 Å². The smallest absolute Gasteiger partial charge is 0.165 e. The molecule has 2 rings (SSSR count). The first kappa shape index (κ1) is 15.0. The molecule has 0 saturated heterocycles. The van der Waals surface area contributed by atoms with Gasteiger partial charge in [0.2, 0.25) is 0 Å². The highest BCUT2D eigenvalue weighted by molar-refractivity contribution is 5.83. The normalized spacial score (nSPS) is 10.2. The fourth-order valence-electron chi connectivity index (χ4n) is 2.08. The van der Waals surface area contributed by atoms with E-state index in [0.29, 0.717) is 12.0 Å². The van der Waals surface area contributed by atoms with Gasteiger partial charge < -0.3 is 9.47 Å². The molecule has 110 valence electrons. The van der Waals surface area contributed by atoms with Gasteiger partial charge in [-0.25, -0.2) is 4.39 Å². The van der Waals surface area contributed by atoms with Crippen LogP contribution in [-0.4, -0.2) is 20.0 Å². The molecule has 0 unspecified atom stereocenters. The Morgan fingerprint density at radius 1 is 0.952 bits per heavy atom. The van der Waals surface area contributed by atoms with Gasteiger partial charge in [-0.3, -0.25) is 4.79 Å². The number of carbonyl (C=O) groups excluding carboxylic acids is 1. The van der Waals surface area contributed by atoms with Gasteiger partial charge in [0.25, 0.3) is 0 Å². The average Bonchev–Trinajstić information content (AvgIpc) is 2.48. The highest BCUT2D eigenvalue weighted by Crippen LogP contribution is 2.18.